The minimum atomic E-state index is 0.699. The number of nitrogens with zero attached hydrogens (tertiary/aromatic N) is 1. The van der Waals surface area contributed by atoms with Gasteiger partial charge < -0.3 is 0 Å². The average molecular weight is 211 g/mol. The summed E-state index contributed by atoms with van der Waals surface area (Å²) in [7, 11) is 0. The van der Waals surface area contributed by atoms with Crippen molar-refractivity contribution in [2.45, 2.75) is 38.5 Å². The zero-order valence-corrected chi connectivity index (χ0v) is 9.74. The molecule has 0 N–H and O–H groups in total. The third-order valence-electron chi connectivity index (χ3n) is 3.64. The molecule has 1 aliphatic carbocycles. The Hall–Kier alpha value is -1.37. The molecule has 0 spiro atoms. The van der Waals surface area contributed by atoms with Crippen LogP contribution in [0.3, 0.4) is 0 Å². The smallest absolute Gasteiger partial charge is 0.0515 e. The van der Waals surface area contributed by atoms with Crippen LogP contribution in [0.1, 0.15) is 43.0 Å². The molecule has 3 rings (SSSR count). The number of aromatic nitrogens is 1. The van der Waals surface area contributed by atoms with Crippen molar-refractivity contribution in [3.05, 3.63) is 41.7 Å². The molecule has 0 bridgehead atoms. The minimum Gasteiger partial charge on any atom is -0.257 e. The standard InChI is InChI=1S/C15H17N/c1-11-10-13-8-4-5-9-14(13)15(16-11)12-6-2-3-7-12/h4-5,8-10,12H,2-3,6-7H2,1H3. The SMILES string of the molecule is Cc1cc2ccccc2c(C2CCCC2)n1. The van der Waals surface area contributed by atoms with Crippen LogP contribution < -0.4 is 0 Å². The molecule has 1 aliphatic rings. The Morgan fingerprint density at radius 1 is 1.12 bits per heavy atom. The summed E-state index contributed by atoms with van der Waals surface area (Å²) in [6.07, 6.45) is 5.38. The molecule has 0 radical (unpaired) electrons. The number of hydrogen-bond acceptors (Lipinski definition) is 1. The molecule has 1 aromatic carbocycles. The summed E-state index contributed by atoms with van der Waals surface area (Å²) in [6, 6.07) is 10.8. The molecule has 82 valence electrons. The van der Waals surface area contributed by atoms with Crippen molar-refractivity contribution in [1.82, 2.24) is 4.98 Å². The quantitative estimate of drug-likeness (QED) is 0.689. The Labute approximate surface area is 96.5 Å². The molecule has 0 saturated heterocycles. The van der Waals surface area contributed by atoms with Crippen molar-refractivity contribution < 1.29 is 0 Å². The van der Waals surface area contributed by atoms with Gasteiger partial charge in [0.2, 0.25) is 0 Å². The van der Waals surface area contributed by atoms with Gasteiger partial charge in [-0.2, -0.15) is 0 Å². The molecule has 1 heteroatoms. The van der Waals surface area contributed by atoms with Crippen LogP contribution in [0, 0.1) is 6.92 Å². The van der Waals surface area contributed by atoms with E-state index in [1.165, 1.54) is 42.1 Å². The Kier molecular flexibility index (Phi) is 2.39. The summed E-state index contributed by atoms with van der Waals surface area (Å²) in [6.45, 7) is 2.10. The van der Waals surface area contributed by atoms with Gasteiger partial charge in [0, 0.05) is 17.0 Å². The predicted octanol–water partition coefficient (Wildman–Crippen LogP) is 4.20. The van der Waals surface area contributed by atoms with Gasteiger partial charge in [0.05, 0.1) is 5.69 Å². The zero-order chi connectivity index (χ0) is 11.0. The van der Waals surface area contributed by atoms with Crippen LogP contribution in [0.15, 0.2) is 30.3 Å². The second kappa shape index (κ2) is 3.89. The molecule has 0 aliphatic heterocycles. The lowest BCUT2D eigenvalue weighted by molar-refractivity contribution is 0.702. The van der Waals surface area contributed by atoms with E-state index in [0.717, 1.165) is 5.69 Å². The van der Waals surface area contributed by atoms with E-state index < -0.39 is 0 Å². The summed E-state index contributed by atoms with van der Waals surface area (Å²) >= 11 is 0. The van der Waals surface area contributed by atoms with Gasteiger partial charge >= 0.3 is 0 Å². The predicted molar refractivity (Wildman–Crippen MR) is 67.7 cm³/mol. The Balaban J connectivity index is 2.21. The molecule has 1 nitrogen and oxygen atoms in total. The summed E-state index contributed by atoms with van der Waals surface area (Å²) in [5.74, 6) is 0.699. The maximum Gasteiger partial charge on any atom is 0.0515 e. The highest BCUT2D eigenvalue weighted by Crippen LogP contribution is 2.36. The first-order chi connectivity index (χ1) is 7.84. The normalized spacial score (nSPS) is 17.1. The van der Waals surface area contributed by atoms with Crippen LogP contribution in [0.5, 0.6) is 0 Å². The van der Waals surface area contributed by atoms with Gasteiger partial charge in [-0.05, 0) is 31.2 Å². The largest absolute Gasteiger partial charge is 0.257 e. The summed E-state index contributed by atoms with van der Waals surface area (Å²) in [4.78, 5) is 4.78. The fourth-order valence-electron chi connectivity index (χ4n) is 2.87. The molecule has 1 aromatic heterocycles. The van der Waals surface area contributed by atoms with Crippen LogP contribution in [0.25, 0.3) is 10.8 Å². The lowest BCUT2D eigenvalue weighted by Gasteiger charge is -2.13. The molecular weight excluding hydrogens is 194 g/mol. The van der Waals surface area contributed by atoms with Gasteiger partial charge in [0.1, 0.15) is 0 Å². The fourth-order valence-corrected chi connectivity index (χ4v) is 2.87. The highest BCUT2D eigenvalue weighted by Gasteiger charge is 2.20. The van der Waals surface area contributed by atoms with Crippen molar-refractivity contribution in [2.75, 3.05) is 0 Å². The van der Waals surface area contributed by atoms with E-state index in [0.29, 0.717) is 5.92 Å². The topological polar surface area (TPSA) is 12.9 Å². The molecule has 0 atom stereocenters. The lowest BCUT2D eigenvalue weighted by Crippen LogP contribution is -1.99. The monoisotopic (exact) mass is 211 g/mol. The van der Waals surface area contributed by atoms with Crippen LogP contribution in [-0.2, 0) is 0 Å². The van der Waals surface area contributed by atoms with Crippen LogP contribution in [0.2, 0.25) is 0 Å². The lowest BCUT2D eigenvalue weighted by atomic mass is 9.97. The van der Waals surface area contributed by atoms with E-state index in [9.17, 15) is 0 Å². The highest BCUT2D eigenvalue weighted by atomic mass is 14.7. The maximum atomic E-state index is 4.78. The van der Waals surface area contributed by atoms with Crippen molar-refractivity contribution in [1.29, 1.82) is 0 Å². The third-order valence-corrected chi connectivity index (χ3v) is 3.64. The summed E-state index contributed by atoms with van der Waals surface area (Å²) < 4.78 is 0. The van der Waals surface area contributed by atoms with Crippen LogP contribution >= 0.6 is 0 Å². The zero-order valence-electron chi connectivity index (χ0n) is 9.74. The first kappa shape index (κ1) is 9.83. The maximum absolute atomic E-state index is 4.78. The van der Waals surface area contributed by atoms with E-state index >= 15 is 0 Å². The van der Waals surface area contributed by atoms with Gasteiger partial charge in [0.15, 0.2) is 0 Å². The first-order valence-corrected chi connectivity index (χ1v) is 6.21. The molecular formula is C15H17N. The highest BCUT2D eigenvalue weighted by molar-refractivity contribution is 5.85. The summed E-state index contributed by atoms with van der Waals surface area (Å²) in [5.41, 5.74) is 2.49. The number of rotatable bonds is 1. The van der Waals surface area contributed by atoms with Gasteiger partial charge in [0.25, 0.3) is 0 Å². The number of fused-ring (bicyclic) bond motifs is 1. The molecule has 0 unspecified atom stereocenters. The van der Waals surface area contributed by atoms with Crippen molar-refractivity contribution in [3.8, 4) is 0 Å². The summed E-state index contributed by atoms with van der Waals surface area (Å²) in [5, 5.41) is 2.71. The molecule has 2 aromatic rings. The molecule has 1 fully saturated rings. The Bertz CT molecular complexity index is 510. The number of pyridine rings is 1. The van der Waals surface area contributed by atoms with Gasteiger partial charge in [-0.3, -0.25) is 4.98 Å². The minimum absolute atomic E-state index is 0.699. The fraction of sp³-hybridized carbons (Fsp3) is 0.400. The Morgan fingerprint density at radius 2 is 1.88 bits per heavy atom. The number of hydrogen-bond donors (Lipinski definition) is 0. The van der Waals surface area contributed by atoms with E-state index in [4.69, 9.17) is 4.98 Å². The van der Waals surface area contributed by atoms with E-state index in [-0.39, 0.29) is 0 Å². The first-order valence-electron chi connectivity index (χ1n) is 6.21. The van der Waals surface area contributed by atoms with Crippen molar-refractivity contribution in [2.24, 2.45) is 0 Å². The van der Waals surface area contributed by atoms with Gasteiger partial charge in [-0.1, -0.05) is 37.1 Å². The third kappa shape index (κ3) is 1.60. The molecule has 0 amide bonds. The van der Waals surface area contributed by atoms with Crippen LogP contribution in [0.4, 0.5) is 0 Å². The van der Waals surface area contributed by atoms with Gasteiger partial charge in [-0.15, -0.1) is 0 Å². The molecule has 1 saturated carbocycles. The Morgan fingerprint density at radius 3 is 2.69 bits per heavy atom. The molecule has 16 heavy (non-hydrogen) atoms. The van der Waals surface area contributed by atoms with Crippen LogP contribution in [-0.4, -0.2) is 4.98 Å². The van der Waals surface area contributed by atoms with Gasteiger partial charge in [-0.25, -0.2) is 0 Å². The van der Waals surface area contributed by atoms with E-state index in [1.807, 2.05) is 0 Å². The average Bonchev–Trinajstić information content (AvgIpc) is 2.81. The van der Waals surface area contributed by atoms with E-state index in [1.54, 1.807) is 0 Å². The number of benzene rings is 1. The second-order valence-electron chi connectivity index (χ2n) is 4.85. The second-order valence-corrected chi connectivity index (χ2v) is 4.85. The van der Waals surface area contributed by atoms with E-state index in [2.05, 4.69) is 37.3 Å². The van der Waals surface area contributed by atoms with Crippen molar-refractivity contribution >= 4 is 10.8 Å². The number of aryl methyl sites for hydroxylation is 1. The molecule has 1 heterocycles. The van der Waals surface area contributed by atoms with Crippen molar-refractivity contribution in [3.63, 3.8) is 0 Å².